The van der Waals surface area contributed by atoms with Gasteiger partial charge in [0.2, 0.25) is 0 Å². The first kappa shape index (κ1) is 21.4. The Kier molecular flexibility index (Phi) is 7.28. The molecular formula is C23H36. The van der Waals surface area contributed by atoms with Crippen molar-refractivity contribution in [2.24, 2.45) is 0 Å². The van der Waals surface area contributed by atoms with E-state index in [2.05, 4.69) is 90.1 Å². The molecule has 0 heteroatoms. The van der Waals surface area contributed by atoms with Gasteiger partial charge in [-0.15, -0.1) is 0 Å². The average Bonchev–Trinajstić information content (AvgIpc) is 2.38. The summed E-state index contributed by atoms with van der Waals surface area (Å²) in [6.07, 6.45) is 1.01. The van der Waals surface area contributed by atoms with Crippen LogP contribution in [0, 0.1) is 0 Å². The number of benzene rings is 2. The van der Waals surface area contributed by atoms with Gasteiger partial charge in [0.1, 0.15) is 0 Å². The topological polar surface area (TPSA) is 0 Å². The molecule has 0 saturated carbocycles. The largest absolute Gasteiger partial charge is 0.0776 e. The van der Waals surface area contributed by atoms with Gasteiger partial charge in [-0.05, 0) is 39.5 Å². The van der Waals surface area contributed by atoms with Crippen LogP contribution in [0.3, 0.4) is 0 Å². The highest BCUT2D eigenvalue weighted by Crippen LogP contribution is 2.24. The summed E-state index contributed by atoms with van der Waals surface area (Å²) in [4.78, 5) is 0. The van der Waals surface area contributed by atoms with E-state index < -0.39 is 0 Å². The molecule has 0 bridgehead atoms. The van der Waals surface area contributed by atoms with E-state index in [1.54, 1.807) is 0 Å². The molecule has 0 heterocycles. The average molecular weight is 313 g/mol. The minimum absolute atomic E-state index is 0. The number of hydrogen-bond acceptors (Lipinski definition) is 0. The molecule has 2 rings (SSSR count). The maximum atomic E-state index is 2.26. The molecule has 0 atom stereocenters. The van der Waals surface area contributed by atoms with Crippen LogP contribution in [0.15, 0.2) is 48.5 Å². The van der Waals surface area contributed by atoms with Crippen LogP contribution in [0.1, 0.15) is 78.6 Å². The molecule has 0 radical (unpaired) electrons. The van der Waals surface area contributed by atoms with Crippen molar-refractivity contribution in [1.29, 1.82) is 0 Å². The summed E-state index contributed by atoms with van der Waals surface area (Å²) in [6.45, 7) is 13.5. The van der Waals surface area contributed by atoms with Crippen molar-refractivity contribution in [2.45, 2.75) is 73.6 Å². The first-order chi connectivity index (χ1) is 9.66. The summed E-state index contributed by atoms with van der Waals surface area (Å²) in [6, 6.07) is 18.1. The van der Waals surface area contributed by atoms with Crippen LogP contribution in [0.25, 0.3) is 0 Å². The van der Waals surface area contributed by atoms with Crippen LogP contribution >= 0.6 is 0 Å². The van der Waals surface area contributed by atoms with Gasteiger partial charge < -0.3 is 0 Å². The van der Waals surface area contributed by atoms with E-state index >= 15 is 0 Å². The summed E-state index contributed by atoms with van der Waals surface area (Å²) in [5, 5.41) is 0. The predicted molar refractivity (Wildman–Crippen MR) is 107 cm³/mol. The monoisotopic (exact) mass is 312 g/mol. The van der Waals surface area contributed by atoms with Crippen molar-refractivity contribution in [3.05, 3.63) is 70.8 Å². The summed E-state index contributed by atoms with van der Waals surface area (Å²) in [5.74, 6) is 0. The molecule has 0 spiro atoms. The van der Waals surface area contributed by atoms with Crippen molar-refractivity contribution in [3.63, 3.8) is 0 Å². The number of hydrogen-bond donors (Lipinski definition) is 0. The van der Waals surface area contributed by atoms with E-state index in [9.17, 15) is 0 Å². The predicted octanol–water partition coefficient (Wildman–Crippen LogP) is 7.14. The van der Waals surface area contributed by atoms with Crippen LogP contribution in [0.4, 0.5) is 0 Å². The van der Waals surface area contributed by atoms with Crippen LogP contribution in [0.2, 0.25) is 0 Å². The van der Waals surface area contributed by atoms with Crippen LogP contribution < -0.4 is 0 Å². The lowest BCUT2D eigenvalue weighted by molar-refractivity contribution is 0.590. The molecule has 0 aromatic heterocycles. The fourth-order valence-electron chi connectivity index (χ4n) is 2.48. The van der Waals surface area contributed by atoms with E-state index in [0.29, 0.717) is 0 Å². The minimum Gasteiger partial charge on any atom is -0.0776 e. The molecule has 0 unspecified atom stereocenters. The Labute approximate surface area is 145 Å². The third-order valence-corrected chi connectivity index (χ3v) is 4.05. The van der Waals surface area contributed by atoms with Gasteiger partial charge in [0.05, 0.1) is 0 Å². The molecule has 0 amide bonds. The van der Waals surface area contributed by atoms with Crippen molar-refractivity contribution in [1.82, 2.24) is 0 Å². The molecule has 128 valence electrons. The maximum Gasteiger partial charge on any atom is -0.00258 e. The molecule has 0 N–H and O–H groups in total. The van der Waals surface area contributed by atoms with Crippen molar-refractivity contribution < 1.29 is 0 Å². The highest BCUT2D eigenvalue weighted by Gasteiger charge is 2.14. The van der Waals surface area contributed by atoms with E-state index in [1.165, 1.54) is 22.3 Å². The Bertz CT molecular complexity index is 516. The Morgan fingerprint density at radius 1 is 0.522 bits per heavy atom. The van der Waals surface area contributed by atoms with Crippen molar-refractivity contribution >= 4 is 0 Å². The second kappa shape index (κ2) is 7.81. The molecule has 0 nitrogen and oxygen atoms in total. The second-order valence-electron chi connectivity index (χ2n) is 8.07. The Balaban J connectivity index is 0.00000242. The quantitative estimate of drug-likeness (QED) is 0.552. The van der Waals surface area contributed by atoms with E-state index in [0.717, 1.165) is 6.42 Å². The molecule has 2 aromatic rings. The normalized spacial score (nSPS) is 11.4. The van der Waals surface area contributed by atoms with Gasteiger partial charge in [0.25, 0.3) is 0 Å². The summed E-state index contributed by atoms with van der Waals surface area (Å²) >= 11 is 0. The Hall–Kier alpha value is -1.56. The Morgan fingerprint density at radius 3 is 1.00 bits per heavy atom. The third-order valence-electron chi connectivity index (χ3n) is 4.05. The second-order valence-corrected chi connectivity index (χ2v) is 8.07. The van der Waals surface area contributed by atoms with E-state index in [4.69, 9.17) is 0 Å². The first-order valence-corrected chi connectivity index (χ1v) is 7.85. The highest BCUT2D eigenvalue weighted by atomic mass is 14.2. The number of rotatable bonds is 2. The lowest BCUT2D eigenvalue weighted by Gasteiger charge is -2.20. The summed E-state index contributed by atoms with van der Waals surface area (Å²) < 4.78 is 0. The lowest BCUT2D eigenvalue weighted by Crippen LogP contribution is -2.11. The van der Waals surface area contributed by atoms with Gasteiger partial charge in [-0.2, -0.15) is 0 Å². The zero-order valence-corrected chi connectivity index (χ0v) is 14.3. The summed E-state index contributed by atoms with van der Waals surface area (Å²) in [7, 11) is 0. The molecule has 0 aliphatic rings. The minimum atomic E-state index is 0. The highest BCUT2D eigenvalue weighted by molar-refractivity contribution is 5.33. The molecule has 2 aromatic carbocycles. The molecular weight excluding hydrogens is 276 g/mol. The van der Waals surface area contributed by atoms with E-state index in [-0.39, 0.29) is 25.7 Å². The molecule has 0 aliphatic heterocycles. The van der Waals surface area contributed by atoms with Gasteiger partial charge in [0, 0.05) is 0 Å². The van der Waals surface area contributed by atoms with Crippen LogP contribution in [-0.2, 0) is 17.3 Å². The fourth-order valence-corrected chi connectivity index (χ4v) is 2.48. The Morgan fingerprint density at radius 2 is 0.783 bits per heavy atom. The summed E-state index contributed by atoms with van der Waals surface area (Å²) in [5.41, 5.74) is 6.02. The SMILES string of the molecule is C.C.CC(C)(C)c1ccc(Cc2ccc(C(C)(C)C)cc2)cc1. The fraction of sp³-hybridized carbons (Fsp3) is 0.478. The van der Waals surface area contributed by atoms with Gasteiger partial charge in [-0.25, -0.2) is 0 Å². The van der Waals surface area contributed by atoms with Gasteiger partial charge in [-0.3, -0.25) is 0 Å². The van der Waals surface area contributed by atoms with Crippen molar-refractivity contribution in [2.75, 3.05) is 0 Å². The maximum absolute atomic E-state index is 2.26. The van der Waals surface area contributed by atoms with Gasteiger partial charge in [0.15, 0.2) is 0 Å². The molecule has 23 heavy (non-hydrogen) atoms. The lowest BCUT2D eigenvalue weighted by atomic mass is 9.85. The standard InChI is InChI=1S/C21H28.2CH4/c1-20(2,3)18-11-7-16(8-12-18)15-17-9-13-19(14-10-17)21(4,5)6;;/h7-14H,15H2,1-6H3;2*1H4. The van der Waals surface area contributed by atoms with E-state index in [1.807, 2.05) is 0 Å². The molecule has 0 fully saturated rings. The zero-order valence-electron chi connectivity index (χ0n) is 14.3. The smallest absolute Gasteiger partial charge is 0.00258 e. The third kappa shape index (κ3) is 5.86. The molecule has 0 saturated heterocycles. The first-order valence-electron chi connectivity index (χ1n) is 7.85. The van der Waals surface area contributed by atoms with Crippen LogP contribution in [-0.4, -0.2) is 0 Å². The van der Waals surface area contributed by atoms with Crippen molar-refractivity contribution in [3.8, 4) is 0 Å². The van der Waals surface area contributed by atoms with Gasteiger partial charge in [-0.1, -0.05) is 105 Å². The van der Waals surface area contributed by atoms with Crippen LogP contribution in [0.5, 0.6) is 0 Å². The molecule has 0 aliphatic carbocycles. The zero-order chi connectivity index (χ0) is 15.7. The van der Waals surface area contributed by atoms with Gasteiger partial charge >= 0.3 is 0 Å².